The van der Waals surface area contributed by atoms with E-state index in [1.165, 1.54) is 0 Å². The number of carbonyl (C=O) groups excluding carboxylic acids is 1. The number of ether oxygens (including phenoxy) is 1. The maximum Gasteiger partial charge on any atom is 0.319 e. The third-order valence-corrected chi connectivity index (χ3v) is 0.303. The highest BCUT2D eigenvalue weighted by atomic mass is 16.5. The molecule has 0 heterocycles. The summed E-state index contributed by atoms with van der Waals surface area (Å²) in [6.07, 6.45) is 0. The summed E-state index contributed by atoms with van der Waals surface area (Å²) in [6.45, 7) is -2.35. The molecule has 2 N–H and O–H groups in total. The van der Waals surface area contributed by atoms with Gasteiger partial charge in [0.2, 0.25) is 0 Å². The van der Waals surface area contributed by atoms with Gasteiger partial charge in [0.05, 0.1) is 16.3 Å². The van der Waals surface area contributed by atoms with Crippen molar-refractivity contribution in [2.75, 3.05) is 13.6 Å². The molecule has 0 spiro atoms. The highest BCUT2D eigenvalue weighted by Crippen LogP contribution is 1.61. The van der Waals surface area contributed by atoms with Crippen molar-refractivity contribution < 1.29 is 12.3 Å². The standard InChI is InChI=1S/C3H7NO2/c1-6-3(5)2-4/h2,4H2,1H3/i2D2. The van der Waals surface area contributed by atoms with E-state index in [1.807, 2.05) is 0 Å². The van der Waals surface area contributed by atoms with Gasteiger partial charge in [0.15, 0.2) is 0 Å². The average Bonchev–Trinajstić information content (AvgIpc) is 1.62. The van der Waals surface area contributed by atoms with Gasteiger partial charge in [-0.25, -0.2) is 0 Å². The molecule has 0 fully saturated rings. The van der Waals surface area contributed by atoms with Gasteiger partial charge < -0.3 is 10.5 Å². The van der Waals surface area contributed by atoms with Crippen molar-refractivity contribution in [2.45, 2.75) is 0 Å². The maximum absolute atomic E-state index is 10.1. The van der Waals surface area contributed by atoms with Crippen molar-refractivity contribution in [3.63, 3.8) is 0 Å². The summed E-state index contributed by atoms with van der Waals surface area (Å²) in [7, 11) is 1.08. The van der Waals surface area contributed by atoms with Crippen LogP contribution in [-0.4, -0.2) is 19.6 Å². The Morgan fingerprint density at radius 3 is 2.83 bits per heavy atom. The van der Waals surface area contributed by atoms with Gasteiger partial charge in [0.1, 0.15) is 0 Å². The van der Waals surface area contributed by atoms with E-state index in [4.69, 9.17) is 2.74 Å². The normalized spacial score (nSPS) is 15.0. The average molecular weight is 91.1 g/mol. The molecule has 0 atom stereocenters. The van der Waals surface area contributed by atoms with Gasteiger partial charge in [0, 0.05) is 0 Å². The second-order valence-corrected chi connectivity index (χ2v) is 0.636. The van der Waals surface area contributed by atoms with E-state index in [2.05, 4.69) is 10.5 Å². The summed E-state index contributed by atoms with van der Waals surface area (Å²) in [6, 6.07) is 0. The van der Waals surface area contributed by atoms with Crippen molar-refractivity contribution >= 4 is 5.97 Å². The number of esters is 1. The van der Waals surface area contributed by atoms with Crippen LogP contribution in [0.2, 0.25) is 0 Å². The summed E-state index contributed by atoms with van der Waals surface area (Å²) in [4.78, 5) is 10.1. The molecule has 0 aliphatic heterocycles. The number of hydrogen-bond acceptors (Lipinski definition) is 3. The Morgan fingerprint density at radius 2 is 2.83 bits per heavy atom. The number of nitrogens with two attached hydrogens (primary N) is 1. The van der Waals surface area contributed by atoms with Gasteiger partial charge in [0.25, 0.3) is 0 Å². The highest BCUT2D eigenvalue weighted by Gasteiger charge is 1.87. The van der Waals surface area contributed by atoms with Crippen molar-refractivity contribution in [3.8, 4) is 0 Å². The minimum Gasteiger partial charge on any atom is -0.468 e. The molecule has 0 aliphatic rings. The van der Waals surface area contributed by atoms with Crippen LogP contribution in [0.3, 0.4) is 0 Å². The molecule has 0 aromatic heterocycles. The molecule has 0 amide bonds. The molecular formula is C3H7NO2. The first-order chi connectivity index (χ1) is 3.48. The molecule has 0 aromatic rings. The Hall–Kier alpha value is -0.570. The second kappa shape index (κ2) is 2.66. The fourth-order valence-corrected chi connectivity index (χ4v) is 0.0589. The van der Waals surface area contributed by atoms with Crippen LogP contribution in [0.4, 0.5) is 0 Å². The lowest BCUT2D eigenvalue weighted by Crippen LogP contribution is -2.14. The van der Waals surface area contributed by atoms with Gasteiger partial charge in [-0.1, -0.05) is 0 Å². The Morgan fingerprint density at radius 1 is 2.33 bits per heavy atom. The molecule has 0 aromatic carbocycles. The van der Waals surface area contributed by atoms with Gasteiger partial charge in [-0.15, -0.1) is 0 Å². The molecule has 3 nitrogen and oxygen atoms in total. The first-order valence-corrected chi connectivity index (χ1v) is 1.36. The number of carbonyl (C=O) groups is 1. The summed E-state index contributed by atoms with van der Waals surface area (Å²) >= 11 is 0. The lowest BCUT2D eigenvalue weighted by molar-refractivity contribution is -0.138. The summed E-state index contributed by atoms with van der Waals surface area (Å²) in [5.41, 5.74) is 4.65. The molecular weight excluding hydrogens is 82.0 g/mol. The van der Waals surface area contributed by atoms with E-state index in [1.54, 1.807) is 0 Å². The van der Waals surface area contributed by atoms with Crippen LogP contribution in [0.1, 0.15) is 2.74 Å². The van der Waals surface area contributed by atoms with Crippen LogP contribution in [0.25, 0.3) is 0 Å². The largest absolute Gasteiger partial charge is 0.468 e. The third-order valence-electron chi connectivity index (χ3n) is 0.303. The van der Waals surface area contributed by atoms with Crippen molar-refractivity contribution in [3.05, 3.63) is 0 Å². The molecule has 0 radical (unpaired) electrons. The Labute approximate surface area is 38.9 Å². The van der Waals surface area contributed by atoms with E-state index < -0.39 is 12.5 Å². The highest BCUT2D eigenvalue weighted by molar-refractivity contribution is 5.70. The van der Waals surface area contributed by atoms with Crippen molar-refractivity contribution in [1.29, 1.82) is 0 Å². The molecule has 0 saturated heterocycles. The molecule has 36 valence electrons. The Kier molecular flexibility index (Phi) is 1.14. The second-order valence-electron chi connectivity index (χ2n) is 0.636. The molecule has 6 heavy (non-hydrogen) atoms. The summed E-state index contributed by atoms with van der Waals surface area (Å²) in [5.74, 6) is -1.06. The molecule has 0 unspecified atom stereocenters. The summed E-state index contributed by atoms with van der Waals surface area (Å²) < 4.78 is 17.0. The molecule has 0 rings (SSSR count). The predicted octanol–water partition coefficient (Wildman–Crippen LogP) is -0.882. The summed E-state index contributed by atoms with van der Waals surface area (Å²) in [5, 5.41) is 0. The maximum atomic E-state index is 10.1. The SMILES string of the molecule is [2H]C([2H])(N)C(=O)OC. The lowest BCUT2D eigenvalue weighted by Gasteiger charge is -1.87. The first kappa shape index (κ1) is 2.58. The topological polar surface area (TPSA) is 52.3 Å². The number of rotatable bonds is 1. The van der Waals surface area contributed by atoms with Gasteiger partial charge >= 0.3 is 5.97 Å². The van der Waals surface area contributed by atoms with E-state index in [0.29, 0.717) is 0 Å². The van der Waals surface area contributed by atoms with E-state index in [0.717, 1.165) is 7.11 Å². The van der Waals surface area contributed by atoms with Crippen LogP contribution < -0.4 is 5.73 Å². The monoisotopic (exact) mass is 91.1 g/mol. The van der Waals surface area contributed by atoms with Crippen LogP contribution in [-0.2, 0) is 9.53 Å². The smallest absolute Gasteiger partial charge is 0.319 e. The van der Waals surface area contributed by atoms with Gasteiger partial charge in [-0.05, 0) is 0 Å². The first-order valence-electron chi connectivity index (χ1n) is 2.36. The minimum absolute atomic E-state index is 1.06. The Bertz CT molecular complexity index is 97.9. The third kappa shape index (κ3) is 1.72. The van der Waals surface area contributed by atoms with Crippen LogP contribution >= 0.6 is 0 Å². The molecule has 0 aliphatic carbocycles. The molecule has 0 bridgehead atoms. The van der Waals surface area contributed by atoms with Crippen LogP contribution in [0, 0.1) is 0 Å². The zero-order valence-corrected chi connectivity index (χ0v) is 3.39. The zero-order chi connectivity index (χ0) is 6.78. The lowest BCUT2D eigenvalue weighted by atomic mass is 10.7. The zero-order valence-electron chi connectivity index (χ0n) is 5.39. The number of hydrogen-bond donors (Lipinski definition) is 1. The van der Waals surface area contributed by atoms with Crippen LogP contribution in [0.15, 0.2) is 0 Å². The van der Waals surface area contributed by atoms with E-state index >= 15 is 0 Å². The number of methoxy groups -OCH3 is 1. The fraction of sp³-hybridized carbons (Fsp3) is 0.667. The predicted molar refractivity (Wildman–Crippen MR) is 21.1 cm³/mol. The Balaban J connectivity index is 3.82. The van der Waals surface area contributed by atoms with Crippen molar-refractivity contribution in [2.24, 2.45) is 5.73 Å². The van der Waals surface area contributed by atoms with Gasteiger partial charge in [-0.3, -0.25) is 4.79 Å². The van der Waals surface area contributed by atoms with Crippen LogP contribution in [0.5, 0.6) is 0 Å². The van der Waals surface area contributed by atoms with E-state index in [9.17, 15) is 4.79 Å². The van der Waals surface area contributed by atoms with Gasteiger partial charge in [-0.2, -0.15) is 0 Å². The molecule has 0 saturated carbocycles. The molecule has 3 heteroatoms. The fourth-order valence-electron chi connectivity index (χ4n) is 0.0589. The minimum atomic E-state index is -2.35. The van der Waals surface area contributed by atoms with E-state index in [-0.39, 0.29) is 0 Å². The quantitative estimate of drug-likeness (QED) is 0.426. The van der Waals surface area contributed by atoms with Crippen molar-refractivity contribution in [1.82, 2.24) is 0 Å².